The van der Waals surface area contributed by atoms with Crippen molar-refractivity contribution >= 4 is 5.91 Å². The Hall–Kier alpha value is -1.31. The highest BCUT2D eigenvalue weighted by Gasteiger charge is 2.25. The van der Waals surface area contributed by atoms with E-state index in [2.05, 4.69) is 13.2 Å². The van der Waals surface area contributed by atoms with E-state index in [9.17, 15) is 4.79 Å². The zero-order valence-electron chi connectivity index (χ0n) is 7.75. The quantitative estimate of drug-likeness (QED) is 0.688. The van der Waals surface area contributed by atoms with E-state index in [1.807, 2.05) is 6.08 Å². The number of hydrogen-bond acceptors (Lipinski definition) is 1. The second-order valence-electron chi connectivity index (χ2n) is 3.31. The first kappa shape index (κ1) is 9.78. The predicted octanol–water partition coefficient (Wildman–Crippen LogP) is 1.94. The first-order chi connectivity index (χ1) is 6.16. The number of carbonyl (C=O) groups excluding carboxylic acids is 1. The van der Waals surface area contributed by atoms with Gasteiger partial charge in [0.1, 0.15) is 0 Å². The van der Waals surface area contributed by atoms with Gasteiger partial charge in [-0.25, -0.2) is 0 Å². The molecule has 1 unspecified atom stereocenters. The summed E-state index contributed by atoms with van der Waals surface area (Å²) < 4.78 is 0. The van der Waals surface area contributed by atoms with Crippen LogP contribution in [0.4, 0.5) is 0 Å². The smallest absolute Gasteiger partial charge is 0.224 e. The Labute approximate surface area is 78.8 Å². The van der Waals surface area contributed by atoms with Crippen molar-refractivity contribution in [1.82, 2.24) is 0 Å². The highest BCUT2D eigenvalue weighted by atomic mass is 16.1. The lowest BCUT2D eigenvalue weighted by atomic mass is 9.80. The Kier molecular flexibility index (Phi) is 3.07. The Balaban J connectivity index is 2.93. The first-order valence-corrected chi connectivity index (χ1v) is 4.47. The van der Waals surface area contributed by atoms with Gasteiger partial charge in [-0.3, -0.25) is 4.79 Å². The van der Waals surface area contributed by atoms with Crippen LogP contribution in [0.3, 0.4) is 0 Å². The van der Waals surface area contributed by atoms with Crippen LogP contribution in [0.5, 0.6) is 0 Å². The van der Waals surface area contributed by atoms with E-state index >= 15 is 0 Å². The number of allylic oxidation sites excluding steroid dienone is 3. The van der Waals surface area contributed by atoms with E-state index in [0.29, 0.717) is 0 Å². The third-order valence-electron chi connectivity index (χ3n) is 2.40. The fourth-order valence-electron chi connectivity index (χ4n) is 1.72. The van der Waals surface area contributed by atoms with Gasteiger partial charge in [0, 0.05) is 0 Å². The summed E-state index contributed by atoms with van der Waals surface area (Å²) in [7, 11) is 0. The average molecular weight is 177 g/mol. The molecule has 1 fully saturated rings. The van der Waals surface area contributed by atoms with Crippen LogP contribution in [0, 0.1) is 5.92 Å². The summed E-state index contributed by atoms with van der Waals surface area (Å²) in [6, 6.07) is 0. The monoisotopic (exact) mass is 177 g/mol. The topological polar surface area (TPSA) is 43.1 Å². The Morgan fingerprint density at radius 3 is 2.85 bits per heavy atom. The van der Waals surface area contributed by atoms with Crippen molar-refractivity contribution in [3.05, 3.63) is 36.5 Å². The fourth-order valence-corrected chi connectivity index (χ4v) is 1.72. The van der Waals surface area contributed by atoms with E-state index in [-0.39, 0.29) is 11.8 Å². The highest BCUT2D eigenvalue weighted by molar-refractivity contribution is 5.81. The highest BCUT2D eigenvalue weighted by Crippen LogP contribution is 2.32. The normalized spacial score (nSPS) is 26.0. The van der Waals surface area contributed by atoms with E-state index in [1.54, 1.807) is 6.08 Å². The predicted molar refractivity (Wildman–Crippen MR) is 54.0 cm³/mol. The van der Waals surface area contributed by atoms with Crippen molar-refractivity contribution in [2.45, 2.75) is 19.3 Å². The molecule has 2 nitrogen and oxygen atoms in total. The maximum absolute atomic E-state index is 11.1. The van der Waals surface area contributed by atoms with Crippen molar-refractivity contribution in [2.24, 2.45) is 11.7 Å². The van der Waals surface area contributed by atoms with Crippen LogP contribution >= 0.6 is 0 Å². The molecule has 2 N–H and O–H groups in total. The van der Waals surface area contributed by atoms with Crippen LogP contribution in [-0.4, -0.2) is 5.91 Å². The van der Waals surface area contributed by atoms with Gasteiger partial charge in [-0.1, -0.05) is 30.9 Å². The maximum atomic E-state index is 11.1. The summed E-state index contributed by atoms with van der Waals surface area (Å²) in [5.74, 6) is -0.409. The zero-order chi connectivity index (χ0) is 9.84. The number of amides is 1. The summed E-state index contributed by atoms with van der Waals surface area (Å²) in [5.41, 5.74) is 7.28. The third kappa shape index (κ3) is 2.08. The summed E-state index contributed by atoms with van der Waals surface area (Å²) in [6.07, 6.45) is 6.33. The lowest BCUT2D eigenvalue weighted by molar-refractivity contribution is -0.121. The van der Waals surface area contributed by atoms with E-state index in [4.69, 9.17) is 5.73 Å². The fraction of sp³-hybridized carbons (Fsp3) is 0.364. The molecule has 0 aliphatic heterocycles. The largest absolute Gasteiger partial charge is 0.369 e. The molecule has 0 saturated heterocycles. The standard InChI is InChI=1S/C11H15NO/c1-3-5-9-8(2)6-4-7-10(9)11(12)13/h3,5,10H,1-2,4,6-7H2,(H2,12,13)/b9-5+. The minimum Gasteiger partial charge on any atom is -0.369 e. The number of carbonyl (C=O) groups is 1. The lowest BCUT2D eigenvalue weighted by Crippen LogP contribution is -2.27. The minimum atomic E-state index is -0.256. The summed E-state index contributed by atoms with van der Waals surface area (Å²) >= 11 is 0. The number of primary amides is 1. The number of rotatable bonds is 2. The van der Waals surface area contributed by atoms with Crippen LogP contribution in [0.25, 0.3) is 0 Å². The zero-order valence-corrected chi connectivity index (χ0v) is 7.75. The van der Waals surface area contributed by atoms with Gasteiger partial charge in [0.15, 0.2) is 0 Å². The molecule has 0 aromatic heterocycles. The molecule has 1 saturated carbocycles. The molecule has 0 heterocycles. The summed E-state index contributed by atoms with van der Waals surface area (Å²) in [4.78, 5) is 11.1. The van der Waals surface area contributed by atoms with Gasteiger partial charge in [0.2, 0.25) is 5.91 Å². The molecule has 1 aliphatic carbocycles. The van der Waals surface area contributed by atoms with Gasteiger partial charge < -0.3 is 5.73 Å². The van der Waals surface area contributed by atoms with Crippen LogP contribution in [0.2, 0.25) is 0 Å². The summed E-state index contributed by atoms with van der Waals surface area (Å²) in [5, 5.41) is 0. The van der Waals surface area contributed by atoms with E-state index in [0.717, 1.165) is 30.4 Å². The molecule has 1 aliphatic rings. The van der Waals surface area contributed by atoms with Crippen LogP contribution in [0.15, 0.2) is 36.5 Å². The molecule has 0 aromatic carbocycles. The second-order valence-corrected chi connectivity index (χ2v) is 3.31. The molecular formula is C11H15NO. The van der Waals surface area contributed by atoms with Crippen molar-refractivity contribution in [1.29, 1.82) is 0 Å². The average Bonchev–Trinajstić information content (AvgIpc) is 2.08. The Morgan fingerprint density at radius 2 is 2.31 bits per heavy atom. The molecular weight excluding hydrogens is 162 g/mol. The molecule has 13 heavy (non-hydrogen) atoms. The van der Waals surface area contributed by atoms with Crippen molar-refractivity contribution in [3.8, 4) is 0 Å². The van der Waals surface area contributed by atoms with Gasteiger partial charge in [-0.15, -0.1) is 0 Å². The molecule has 0 aromatic rings. The minimum absolute atomic E-state index is 0.153. The van der Waals surface area contributed by atoms with Crippen molar-refractivity contribution in [3.63, 3.8) is 0 Å². The SMILES string of the molecule is C=C/C=C1\C(=C)CCCC1C(N)=O. The molecule has 1 atom stereocenters. The number of hydrogen-bond donors (Lipinski definition) is 1. The van der Waals surface area contributed by atoms with Crippen molar-refractivity contribution < 1.29 is 4.79 Å². The first-order valence-electron chi connectivity index (χ1n) is 4.47. The van der Waals surface area contributed by atoms with Crippen LogP contribution < -0.4 is 5.73 Å². The molecule has 0 spiro atoms. The third-order valence-corrected chi connectivity index (χ3v) is 2.40. The molecule has 2 heteroatoms. The molecule has 0 radical (unpaired) electrons. The van der Waals surface area contributed by atoms with Gasteiger partial charge in [-0.05, 0) is 24.8 Å². The van der Waals surface area contributed by atoms with E-state index < -0.39 is 0 Å². The van der Waals surface area contributed by atoms with Crippen LogP contribution in [0.1, 0.15) is 19.3 Å². The lowest BCUT2D eigenvalue weighted by Gasteiger charge is -2.24. The molecule has 1 amide bonds. The molecule has 0 bridgehead atoms. The second kappa shape index (κ2) is 4.08. The Morgan fingerprint density at radius 1 is 1.62 bits per heavy atom. The van der Waals surface area contributed by atoms with Crippen molar-refractivity contribution in [2.75, 3.05) is 0 Å². The van der Waals surface area contributed by atoms with Gasteiger partial charge in [0.25, 0.3) is 0 Å². The molecule has 1 rings (SSSR count). The number of nitrogens with two attached hydrogens (primary N) is 1. The Bertz CT molecular complexity index is 276. The van der Waals surface area contributed by atoms with Gasteiger partial charge >= 0.3 is 0 Å². The van der Waals surface area contributed by atoms with Crippen LogP contribution in [-0.2, 0) is 4.79 Å². The van der Waals surface area contributed by atoms with Gasteiger partial charge in [0.05, 0.1) is 5.92 Å². The maximum Gasteiger partial charge on any atom is 0.224 e. The van der Waals surface area contributed by atoms with Gasteiger partial charge in [-0.2, -0.15) is 0 Å². The van der Waals surface area contributed by atoms with E-state index in [1.165, 1.54) is 0 Å². The summed E-state index contributed by atoms with van der Waals surface area (Å²) in [6.45, 7) is 7.54. The molecule has 70 valence electrons.